The summed E-state index contributed by atoms with van der Waals surface area (Å²) in [7, 11) is -9.91. The van der Waals surface area contributed by atoms with Crippen LogP contribution in [0.25, 0.3) is 0 Å². The first-order valence-electron chi connectivity index (χ1n) is 38.0. The number of unbranched alkanes of at least 4 members (excludes halogenated alkanes) is 41. The molecule has 548 valence electrons. The predicted molar refractivity (Wildman–Crippen MR) is 377 cm³/mol. The van der Waals surface area contributed by atoms with Gasteiger partial charge in [-0.05, 0) is 57.3 Å². The van der Waals surface area contributed by atoms with Gasteiger partial charge in [-0.2, -0.15) is 0 Å². The van der Waals surface area contributed by atoms with E-state index in [0.29, 0.717) is 25.7 Å². The van der Waals surface area contributed by atoms with Gasteiger partial charge >= 0.3 is 39.5 Å². The fourth-order valence-electron chi connectivity index (χ4n) is 10.8. The second-order valence-electron chi connectivity index (χ2n) is 26.5. The van der Waals surface area contributed by atoms with E-state index in [4.69, 9.17) is 37.0 Å². The van der Waals surface area contributed by atoms with E-state index in [0.717, 1.165) is 121 Å². The van der Waals surface area contributed by atoms with Crippen molar-refractivity contribution in [1.82, 2.24) is 0 Å². The molecule has 0 aromatic rings. The first kappa shape index (κ1) is 90.5. The molecule has 5 atom stereocenters. The van der Waals surface area contributed by atoms with Crippen LogP contribution in [0.4, 0.5) is 0 Å². The number of aliphatic hydroxyl groups is 1. The highest BCUT2D eigenvalue weighted by molar-refractivity contribution is 7.47. The fraction of sp³-hybridized carbons (Fsp3) is 0.892. The molecule has 0 aliphatic heterocycles. The number of hydrogen-bond acceptors (Lipinski definition) is 15. The van der Waals surface area contributed by atoms with Crippen molar-refractivity contribution in [2.75, 3.05) is 39.6 Å². The normalized spacial score (nSPS) is 14.2. The van der Waals surface area contributed by atoms with Gasteiger partial charge in [0.25, 0.3) is 0 Å². The Hall–Kier alpha value is -2.46. The summed E-state index contributed by atoms with van der Waals surface area (Å²) in [6, 6.07) is 0. The number of hydrogen-bond donors (Lipinski definition) is 3. The zero-order valence-corrected chi connectivity index (χ0v) is 61.7. The minimum absolute atomic E-state index is 0.102. The molecule has 0 aliphatic carbocycles. The lowest BCUT2D eigenvalue weighted by Gasteiger charge is -2.21. The first-order chi connectivity index (χ1) is 45.0. The summed E-state index contributed by atoms with van der Waals surface area (Å²) in [6.45, 7) is 7.12. The minimum Gasteiger partial charge on any atom is -0.462 e. The zero-order chi connectivity index (χ0) is 68.4. The highest BCUT2D eigenvalue weighted by Crippen LogP contribution is 2.45. The molecule has 0 saturated carbocycles. The number of rotatable bonds is 72. The Labute approximate surface area is 567 Å². The Morgan fingerprint density at radius 2 is 0.581 bits per heavy atom. The number of allylic oxidation sites excluding steroid dienone is 4. The molecule has 0 rings (SSSR count). The standard InChI is InChI=1S/C74H140O17P2/c1-6-9-12-15-17-19-21-23-25-26-27-28-30-32-36-40-44-49-54-59-74(79)91-70(64-85-72(77)58-53-48-43-39-35-31-29-24-22-20-18-16-13-10-7-2)66-89-93(82,83)87-62-68(75)61-86-92(80,81)88-65-69(63-84-71(76)57-52-46-14-11-8-3)90-73(78)60-55-50-45-41-37-33-34-38-42-47-51-56-67(4)5/h20,22,24,29,67-70,75H,6-19,21,23,25-28,30-66H2,1-5H3,(H,80,81)(H,82,83)/b22-20-,29-24-/t68-,69+,70+/m0/s1. The van der Waals surface area contributed by atoms with Crippen LogP contribution >= 0.6 is 15.6 Å². The number of carbonyl (C=O) groups is 4. The molecule has 0 amide bonds. The third kappa shape index (κ3) is 67.9. The Morgan fingerprint density at radius 1 is 0.333 bits per heavy atom. The van der Waals surface area contributed by atoms with Crippen molar-refractivity contribution in [3.8, 4) is 0 Å². The number of phosphoric acid groups is 2. The largest absolute Gasteiger partial charge is 0.472 e. The van der Waals surface area contributed by atoms with E-state index in [2.05, 4.69) is 58.9 Å². The molecule has 0 radical (unpaired) electrons. The van der Waals surface area contributed by atoms with Crippen molar-refractivity contribution in [3.05, 3.63) is 24.3 Å². The fourth-order valence-corrected chi connectivity index (χ4v) is 12.4. The van der Waals surface area contributed by atoms with E-state index >= 15 is 0 Å². The van der Waals surface area contributed by atoms with Gasteiger partial charge < -0.3 is 33.8 Å². The third-order valence-electron chi connectivity index (χ3n) is 16.7. The topological polar surface area (TPSA) is 237 Å². The van der Waals surface area contributed by atoms with Crippen LogP contribution in [-0.2, 0) is 65.4 Å². The monoisotopic (exact) mass is 1360 g/mol. The first-order valence-corrected chi connectivity index (χ1v) is 40.9. The van der Waals surface area contributed by atoms with Crippen molar-refractivity contribution in [3.63, 3.8) is 0 Å². The summed E-state index contributed by atoms with van der Waals surface area (Å²) in [5.74, 6) is -1.39. The molecule has 3 N–H and O–H groups in total. The van der Waals surface area contributed by atoms with Gasteiger partial charge in [0, 0.05) is 25.7 Å². The second kappa shape index (κ2) is 66.8. The molecule has 0 saturated heterocycles. The van der Waals surface area contributed by atoms with Gasteiger partial charge in [0.2, 0.25) is 0 Å². The van der Waals surface area contributed by atoms with Gasteiger partial charge in [0.1, 0.15) is 19.3 Å². The number of phosphoric ester groups is 2. The van der Waals surface area contributed by atoms with E-state index in [-0.39, 0.29) is 25.7 Å². The van der Waals surface area contributed by atoms with E-state index < -0.39 is 97.5 Å². The smallest absolute Gasteiger partial charge is 0.462 e. The van der Waals surface area contributed by atoms with Gasteiger partial charge in [-0.15, -0.1) is 0 Å². The summed E-state index contributed by atoms with van der Waals surface area (Å²) in [4.78, 5) is 72.4. The van der Waals surface area contributed by atoms with Gasteiger partial charge in [-0.1, -0.05) is 309 Å². The lowest BCUT2D eigenvalue weighted by Crippen LogP contribution is -2.30. The second-order valence-corrected chi connectivity index (χ2v) is 29.4. The highest BCUT2D eigenvalue weighted by Gasteiger charge is 2.30. The van der Waals surface area contributed by atoms with Crippen LogP contribution < -0.4 is 0 Å². The lowest BCUT2D eigenvalue weighted by molar-refractivity contribution is -0.161. The van der Waals surface area contributed by atoms with Gasteiger partial charge in [-0.3, -0.25) is 37.3 Å². The third-order valence-corrected chi connectivity index (χ3v) is 18.6. The molecule has 0 aromatic carbocycles. The van der Waals surface area contributed by atoms with Gasteiger partial charge in [0.15, 0.2) is 12.2 Å². The predicted octanol–water partition coefficient (Wildman–Crippen LogP) is 21.2. The quantitative estimate of drug-likeness (QED) is 0.0169. The molecule has 2 unspecified atom stereocenters. The SMILES string of the molecule is CCCCCC/C=C\C=C/CCCCCCCC(=O)OC[C@H](COP(=O)(O)OC[C@@H](O)COP(=O)(O)OC[C@@H](COC(=O)CCCCCCC)OC(=O)CCCCCCCCCCCCCC(C)C)OC(=O)CCCCCCCCCCCCCCCCCCCCC. The van der Waals surface area contributed by atoms with E-state index in [1.165, 1.54) is 161 Å². The van der Waals surface area contributed by atoms with Crippen LogP contribution in [0, 0.1) is 5.92 Å². The summed E-state index contributed by atoms with van der Waals surface area (Å²) >= 11 is 0. The van der Waals surface area contributed by atoms with Crippen LogP contribution in [0.1, 0.15) is 362 Å². The average Bonchev–Trinajstić information content (AvgIpc) is 1.90. The maximum Gasteiger partial charge on any atom is 0.472 e. The van der Waals surface area contributed by atoms with Gasteiger partial charge in [0.05, 0.1) is 26.4 Å². The molecule has 0 heterocycles. The van der Waals surface area contributed by atoms with E-state index in [9.17, 15) is 43.2 Å². The molecule has 0 fully saturated rings. The Morgan fingerprint density at radius 3 is 0.882 bits per heavy atom. The molecule has 93 heavy (non-hydrogen) atoms. The maximum absolute atomic E-state index is 13.0. The lowest BCUT2D eigenvalue weighted by atomic mass is 10.0. The van der Waals surface area contributed by atoms with Crippen molar-refractivity contribution in [2.45, 2.75) is 380 Å². The van der Waals surface area contributed by atoms with Crippen molar-refractivity contribution < 1.29 is 80.2 Å². The van der Waals surface area contributed by atoms with Gasteiger partial charge in [-0.25, -0.2) is 9.13 Å². The Balaban J connectivity index is 5.17. The highest BCUT2D eigenvalue weighted by atomic mass is 31.2. The minimum atomic E-state index is -4.96. The molecule has 0 spiro atoms. The van der Waals surface area contributed by atoms with E-state index in [1.807, 2.05) is 0 Å². The Kier molecular flexibility index (Phi) is 65.0. The molecular weight excluding hydrogens is 1220 g/mol. The average molecular weight is 1360 g/mol. The van der Waals surface area contributed by atoms with Crippen molar-refractivity contribution in [1.29, 1.82) is 0 Å². The number of ether oxygens (including phenoxy) is 4. The molecule has 0 aliphatic rings. The summed E-state index contributed by atoms with van der Waals surface area (Å²) in [5, 5.41) is 10.6. The Bertz CT molecular complexity index is 1880. The van der Waals surface area contributed by atoms with Crippen LogP contribution in [0.3, 0.4) is 0 Å². The molecule has 17 nitrogen and oxygen atoms in total. The maximum atomic E-state index is 13.0. The molecule has 0 bridgehead atoms. The number of aliphatic hydroxyl groups excluding tert-OH is 1. The van der Waals surface area contributed by atoms with Crippen LogP contribution in [0.2, 0.25) is 0 Å². The van der Waals surface area contributed by atoms with Crippen molar-refractivity contribution >= 4 is 39.5 Å². The molecular formula is C74H140O17P2. The van der Waals surface area contributed by atoms with E-state index in [1.54, 1.807) is 0 Å². The van der Waals surface area contributed by atoms with Crippen LogP contribution in [0.5, 0.6) is 0 Å². The zero-order valence-electron chi connectivity index (χ0n) is 59.9. The molecule has 0 aromatic heterocycles. The summed E-state index contributed by atoms with van der Waals surface area (Å²) in [6.07, 6.45) is 58.1. The number of carbonyl (C=O) groups excluding carboxylic acids is 4. The van der Waals surface area contributed by atoms with Crippen LogP contribution in [0.15, 0.2) is 24.3 Å². The van der Waals surface area contributed by atoms with Crippen molar-refractivity contribution in [2.24, 2.45) is 5.92 Å². The number of esters is 4. The summed E-state index contributed by atoms with van der Waals surface area (Å²) in [5.41, 5.74) is 0. The summed E-state index contributed by atoms with van der Waals surface area (Å²) < 4.78 is 68.2. The van der Waals surface area contributed by atoms with Crippen LogP contribution in [-0.4, -0.2) is 96.7 Å². The molecule has 19 heteroatoms.